The fraction of sp³-hybridized carbons (Fsp3) is 0.438. The fourth-order valence-electron chi connectivity index (χ4n) is 2.60. The van der Waals surface area contributed by atoms with Crippen LogP contribution in [0.15, 0.2) is 28.7 Å². The molecule has 3 N–H and O–H groups in total. The molecule has 0 bridgehead atoms. The molecule has 1 fully saturated rings. The van der Waals surface area contributed by atoms with E-state index in [1.807, 2.05) is 24.3 Å². The van der Waals surface area contributed by atoms with Crippen LogP contribution in [0.25, 0.3) is 11.4 Å². The average molecular weight is 379 g/mol. The van der Waals surface area contributed by atoms with E-state index >= 15 is 0 Å². The second-order valence-electron chi connectivity index (χ2n) is 6.07. The molecule has 1 saturated carbocycles. The van der Waals surface area contributed by atoms with Gasteiger partial charge in [-0.3, -0.25) is 9.89 Å². The highest BCUT2D eigenvalue weighted by atomic mass is 79.9. The molecule has 6 nitrogen and oxygen atoms in total. The lowest BCUT2D eigenvalue weighted by molar-refractivity contribution is -0.147. The summed E-state index contributed by atoms with van der Waals surface area (Å²) in [5, 5.41) is 20.0. The first-order valence-electron chi connectivity index (χ1n) is 7.64. The third kappa shape index (κ3) is 3.45. The molecule has 0 saturated heterocycles. The summed E-state index contributed by atoms with van der Waals surface area (Å²) in [5.74, 6) is 0.826. The minimum absolute atomic E-state index is 0.0514. The lowest BCUT2D eigenvalue weighted by atomic mass is 9.73. The van der Waals surface area contributed by atoms with E-state index in [2.05, 4.69) is 36.4 Å². The average Bonchev–Trinajstić information content (AvgIpc) is 2.92. The molecule has 122 valence electrons. The first-order valence-corrected chi connectivity index (χ1v) is 8.44. The van der Waals surface area contributed by atoms with E-state index < -0.39 is 5.60 Å². The van der Waals surface area contributed by atoms with Crippen LogP contribution in [0.1, 0.15) is 32.0 Å². The number of H-pyrrole nitrogens is 1. The lowest BCUT2D eigenvalue weighted by Crippen LogP contribution is -2.51. The highest BCUT2D eigenvalue weighted by Crippen LogP contribution is 2.36. The number of carbonyl (C=O) groups is 1. The SMILES string of the molecule is CC(O)(C(=O)NCc1nc(-c2ccc(Br)cc2)n[nH]1)C1CCC1. The van der Waals surface area contributed by atoms with Gasteiger partial charge in [-0.25, -0.2) is 4.98 Å². The number of halogens is 1. The van der Waals surface area contributed by atoms with Crippen LogP contribution in [-0.4, -0.2) is 31.8 Å². The van der Waals surface area contributed by atoms with Crippen molar-refractivity contribution in [1.29, 1.82) is 0 Å². The van der Waals surface area contributed by atoms with Gasteiger partial charge in [0.25, 0.3) is 5.91 Å². The Morgan fingerprint density at radius 3 is 2.74 bits per heavy atom. The topological polar surface area (TPSA) is 90.9 Å². The van der Waals surface area contributed by atoms with Crippen LogP contribution in [0.2, 0.25) is 0 Å². The maximum atomic E-state index is 12.2. The molecule has 23 heavy (non-hydrogen) atoms. The molecule has 3 rings (SSSR count). The van der Waals surface area contributed by atoms with Gasteiger partial charge < -0.3 is 10.4 Å². The van der Waals surface area contributed by atoms with E-state index in [0.717, 1.165) is 29.3 Å². The van der Waals surface area contributed by atoms with Gasteiger partial charge >= 0.3 is 0 Å². The number of aromatic amines is 1. The maximum absolute atomic E-state index is 12.2. The van der Waals surface area contributed by atoms with Crippen LogP contribution in [0.5, 0.6) is 0 Å². The number of nitrogens with one attached hydrogen (secondary N) is 2. The minimum atomic E-state index is -1.31. The molecule has 1 amide bonds. The first-order chi connectivity index (χ1) is 11.0. The van der Waals surface area contributed by atoms with E-state index in [1.54, 1.807) is 6.92 Å². The molecule has 1 aliphatic rings. The summed E-state index contributed by atoms with van der Waals surface area (Å²) in [5.41, 5.74) is -0.421. The molecule has 7 heteroatoms. The zero-order chi connectivity index (χ0) is 16.4. The number of amides is 1. The number of carbonyl (C=O) groups excluding carboxylic acids is 1. The van der Waals surface area contributed by atoms with Crippen molar-refractivity contribution in [3.63, 3.8) is 0 Å². The van der Waals surface area contributed by atoms with Crippen molar-refractivity contribution in [3.8, 4) is 11.4 Å². The van der Waals surface area contributed by atoms with Crippen LogP contribution in [0.3, 0.4) is 0 Å². The van der Waals surface area contributed by atoms with Gasteiger partial charge in [-0.2, -0.15) is 5.10 Å². The summed E-state index contributed by atoms with van der Waals surface area (Å²) in [6.07, 6.45) is 2.87. The van der Waals surface area contributed by atoms with Gasteiger partial charge in [-0.05, 0) is 37.8 Å². The molecular formula is C16H19BrN4O2. The zero-order valence-corrected chi connectivity index (χ0v) is 14.4. The smallest absolute Gasteiger partial charge is 0.252 e. The Labute approximate surface area is 142 Å². The van der Waals surface area contributed by atoms with E-state index in [-0.39, 0.29) is 18.4 Å². The van der Waals surface area contributed by atoms with Gasteiger partial charge in [-0.1, -0.05) is 34.5 Å². The molecule has 1 aliphatic carbocycles. The lowest BCUT2D eigenvalue weighted by Gasteiger charge is -2.37. The fourth-order valence-corrected chi connectivity index (χ4v) is 2.87. The second kappa shape index (κ2) is 6.41. The van der Waals surface area contributed by atoms with Crippen molar-refractivity contribution in [2.24, 2.45) is 5.92 Å². The van der Waals surface area contributed by atoms with Crippen LogP contribution in [0.4, 0.5) is 0 Å². The van der Waals surface area contributed by atoms with E-state index in [0.29, 0.717) is 11.6 Å². The number of hydrogen-bond donors (Lipinski definition) is 3. The Kier molecular flexibility index (Phi) is 4.50. The summed E-state index contributed by atoms with van der Waals surface area (Å²) in [6.45, 7) is 1.80. The Hall–Kier alpha value is -1.73. The summed E-state index contributed by atoms with van der Waals surface area (Å²) >= 11 is 3.38. The number of aliphatic hydroxyl groups is 1. The number of rotatable bonds is 5. The molecule has 1 aromatic heterocycles. The molecule has 0 aliphatic heterocycles. The number of nitrogens with zero attached hydrogens (tertiary/aromatic N) is 2. The van der Waals surface area contributed by atoms with E-state index in [1.165, 1.54) is 0 Å². The monoisotopic (exact) mass is 378 g/mol. The predicted molar refractivity (Wildman–Crippen MR) is 89.3 cm³/mol. The van der Waals surface area contributed by atoms with Gasteiger partial charge in [0.15, 0.2) is 5.82 Å². The Morgan fingerprint density at radius 1 is 1.43 bits per heavy atom. The molecule has 1 unspecified atom stereocenters. The molecule has 2 aromatic rings. The molecular weight excluding hydrogens is 360 g/mol. The first kappa shape index (κ1) is 16.1. The van der Waals surface area contributed by atoms with Crippen LogP contribution in [-0.2, 0) is 11.3 Å². The highest BCUT2D eigenvalue weighted by molar-refractivity contribution is 9.10. The van der Waals surface area contributed by atoms with Crippen molar-refractivity contribution >= 4 is 21.8 Å². The van der Waals surface area contributed by atoms with Gasteiger partial charge in [-0.15, -0.1) is 0 Å². The number of hydrogen-bond acceptors (Lipinski definition) is 4. The predicted octanol–water partition coefficient (Wildman–Crippen LogP) is 2.40. The Bertz CT molecular complexity index is 692. The summed E-state index contributed by atoms with van der Waals surface area (Å²) in [4.78, 5) is 16.5. The Morgan fingerprint density at radius 2 is 2.13 bits per heavy atom. The van der Waals surface area contributed by atoms with Crippen LogP contribution in [0, 0.1) is 5.92 Å². The molecule has 1 aromatic carbocycles. The molecule has 0 radical (unpaired) electrons. The molecule has 1 heterocycles. The third-order valence-corrected chi connectivity index (χ3v) is 4.94. The Balaban J connectivity index is 1.61. The van der Waals surface area contributed by atoms with Crippen molar-refractivity contribution < 1.29 is 9.90 Å². The summed E-state index contributed by atoms with van der Waals surface area (Å²) in [6, 6.07) is 7.67. The van der Waals surface area contributed by atoms with E-state index in [9.17, 15) is 9.90 Å². The summed E-state index contributed by atoms with van der Waals surface area (Å²) < 4.78 is 0.988. The van der Waals surface area contributed by atoms with Crippen molar-refractivity contribution in [3.05, 3.63) is 34.6 Å². The van der Waals surface area contributed by atoms with Crippen LogP contribution >= 0.6 is 15.9 Å². The third-order valence-electron chi connectivity index (χ3n) is 4.41. The number of benzene rings is 1. The van der Waals surface area contributed by atoms with Gasteiger partial charge in [0.05, 0.1) is 6.54 Å². The minimum Gasteiger partial charge on any atom is -0.380 e. The number of aromatic nitrogens is 3. The van der Waals surface area contributed by atoms with Gasteiger partial charge in [0, 0.05) is 10.0 Å². The molecule has 1 atom stereocenters. The maximum Gasteiger partial charge on any atom is 0.252 e. The van der Waals surface area contributed by atoms with Crippen LogP contribution < -0.4 is 5.32 Å². The highest BCUT2D eigenvalue weighted by Gasteiger charge is 2.42. The van der Waals surface area contributed by atoms with Gasteiger partial charge in [0.2, 0.25) is 0 Å². The standard InChI is InChI=1S/C16H19BrN4O2/c1-16(23,11-3-2-4-11)15(22)18-9-13-19-14(21-20-13)10-5-7-12(17)8-6-10/h5-8,11,23H,2-4,9H2,1H3,(H,18,22)(H,19,20,21). The van der Waals surface area contributed by atoms with E-state index in [4.69, 9.17) is 0 Å². The largest absolute Gasteiger partial charge is 0.380 e. The van der Waals surface area contributed by atoms with Crippen molar-refractivity contribution in [2.75, 3.05) is 0 Å². The quantitative estimate of drug-likeness (QED) is 0.744. The molecule has 0 spiro atoms. The normalized spacial score (nSPS) is 17.3. The van der Waals surface area contributed by atoms with Crippen molar-refractivity contribution in [2.45, 2.75) is 38.3 Å². The van der Waals surface area contributed by atoms with Gasteiger partial charge in [0.1, 0.15) is 11.4 Å². The second-order valence-corrected chi connectivity index (χ2v) is 6.99. The summed E-state index contributed by atoms with van der Waals surface area (Å²) in [7, 11) is 0. The zero-order valence-electron chi connectivity index (χ0n) is 12.8. The van der Waals surface area contributed by atoms with Crippen molar-refractivity contribution in [1.82, 2.24) is 20.5 Å².